The highest BCUT2D eigenvalue weighted by Gasteiger charge is 2.32. The second-order valence-electron chi connectivity index (χ2n) is 8.27. The van der Waals surface area contributed by atoms with Gasteiger partial charge in [-0.25, -0.2) is 14.1 Å². The van der Waals surface area contributed by atoms with Crippen molar-refractivity contribution in [2.75, 3.05) is 0 Å². The lowest BCUT2D eigenvalue weighted by molar-refractivity contribution is -0.137. The van der Waals surface area contributed by atoms with Gasteiger partial charge in [0.1, 0.15) is 17.3 Å². The van der Waals surface area contributed by atoms with Gasteiger partial charge >= 0.3 is 6.18 Å². The van der Waals surface area contributed by atoms with Crippen molar-refractivity contribution in [3.05, 3.63) is 114 Å². The van der Waals surface area contributed by atoms with Crippen LogP contribution in [-0.4, -0.2) is 30.8 Å². The number of hydrogen-bond donors (Lipinski definition) is 2. The Morgan fingerprint density at radius 3 is 2.18 bits per heavy atom. The molecule has 0 fully saturated rings. The summed E-state index contributed by atoms with van der Waals surface area (Å²) in [7, 11) is 0. The molecule has 4 aromatic carbocycles. The minimum absolute atomic E-state index is 0.0257. The van der Waals surface area contributed by atoms with Crippen molar-refractivity contribution >= 4 is 5.78 Å². The van der Waals surface area contributed by atoms with Crippen LogP contribution in [0.15, 0.2) is 91.0 Å². The number of alkyl halides is 3. The van der Waals surface area contributed by atoms with Crippen molar-refractivity contribution in [3.8, 4) is 40.0 Å². The summed E-state index contributed by atoms with van der Waals surface area (Å²) >= 11 is 0. The molecule has 0 aliphatic rings. The molecule has 0 saturated heterocycles. The summed E-state index contributed by atoms with van der Waals surface area (Å²) in [6.45, 7) is 0. The minimum Gasteiger partial charge on any atom is -0.507 e. The largest absolute Gasteiger partial charge is 0.507 e. The first-order valence-corrected chi connectivity index (χ1v) is 11.2. The molecule has 0 spiro atoms. The van der Waals surface area contributed by atoms with Gasteiger partial charge in [-0.15, -0.1) is 5.10 Å². The Bertz CT molecular complexity index is 1660. The Labute approximate surface area is 213 Å². The van der Waals surface area contributed by atoms with Gasteiger partial charge in [0.2, 0.25) is 0 Å². The highest BCUT2D eigenvalue weighted by molar-refractivity contribution is 6.11. The second-order valence-corrected chi connectivity index (χ2v) is 8.27. The average molecular weight is 519 g/mol. The fraction of sp³-hybridized carbons (Fsp3) is 0.0357. The average Bonchev–Trinajstić information content (AvgIpc) is 3.33. The van der Waals surface area contributed by atoms with E-state index in [0.717, 1.165) is 28.9 Å². The van der Waals surface area contributed by atoms with E-state index in [1.807, 2.05) is 0 Å². The van der Waals surface area contributed by atoms with E-state index in [0.29, 0.717) is 11.6 Å². The quantitative estimate of drug-likeness (QED) is 0.207. The highest BCUT2D eigenvalue weighted by atomic mass is 19.4. The molecular formula is C28H17F4N3O3. The molecule has 0 radical (unpaired) electrons. The molecule has 6 nitrogen and oxygen atoms in total. The number of carbonyl (C=O) groups excluding carboxylic acids is 1. The molecule has 0 unspecified atom stereocenters. The number of hydrogen-bond acceptors (Lipinski definition) is 5. The van der Waals surface area contributed by atoms with E-state index >= 15 is 0 Å². The third-order valence-electron chi connectivity index (χ3n) is 5.79. The Kier molecular flexibility index (Phi) is 6.15. The first-order chi connectivity index (χ1) is 18.1. The second kappa shape index (κ2) is 9.47. The smallest absolute Gasteiger partial charge is 0.416 e. The van der Waals surface area contributed by atoms with E-state index in [1.165, 1.54) is 18.2 Å². The van der Waals surface area contributed by atoms with Crippen LogP contribution in [0.2, 0.25) is 0 Å². The summed E-state index contributed by atoms with van der Waals surface area (Å²) in [6, 6.07) is 20.1. The van der Waals surface area contributed by atoms with Crippen LogP contribution >= 0.6 is 0 Å². The number of benzene rings is 4. The van der Waals surface area contributed by atoms with E-state index in [-0.39, 0.29) is 39.8 Å². The van der Waals surface area contributed by atoms with Gasteiger partial charge in [-0.05, 0) is 42.5 Å². The molecule has 0 aliphatic heterocycles. The SMILES string of the molecule is O=C(c1ccccc1)c1ccc(F)cc1-n1nc(-c2ccc(C(F)(F)F)cc2O)nc1-c1ccccc1O. The van der Waals surface area contributed by atoms with Gasteiger partial charge in [0.25, 0.3) is 0 Å². The summed E-state index contributed by atoms with van der Waals surface area (Å²) in [4.78, 5) is 17.7. The predicted molar refractivity (Wildman–Crippen MR) is 130 cm³/mol. The van der Waals surface area contributed by atoms with E-state index in [2.05, 4.69) is 10.1 Å². The number of rotatable bonds is 5. The molecule has 0 aliphatic carbocycles. The summed E-state index contributed by atoms with van der Waals surface area (Å²) in [6.07, 6.45) is -4.68. The normalized spacial score (nSPS) is 11.5. The molecule has 0 amide bonds. The number of halogens is 4. The van der Waals surface area contributed by atoms with Crippen molar-refractivity contribution in [1.82, 2.24) is 14.8 Å². The van der Waals surface area contributed by atoms with Gasteiger partial charge in [-0.1, -0.05) is 42.5 Å². The van der Waals surface area contributed by atoms with E-state index in [4.69, 9.17) is 0 Å². The van der Waals surface area contributed by atoms with Crippen molar-refractivity contribution in [3.63, 3.8) is 0 Å². The Balaban J connectivity index is 1.75. The van der Waals surface area contributed by atoms with Crippen LogP contribution in [0.4, 0.5) is 17.6 Å². The first-order valence-electron chi connectivity index (χ1n) is 11.2. The number of phenols is 2. The minimum atomic E-state index is -4.68. The van der Waals surface area contributed by atoms with Crippen LogP contribution in [0.3, 0.4) is 0 Å². The third kappa shape index (κ3) is 4.59. The fourth-order valence-electron chi connectivity index (χ4n) is 3.95. The van der Waals surface area contributed by atoms with Gasteiger partial charge in [-0.3, -0.25) is 4.79 Å². The third-order valence-corrected chi connectivity index (χ3v) is 5.79. The number of aromatic nitrogens is 3. The van der Waals surface area contributed by atoms with E-state index in [9.17, 15) is 32.6 Å². The number of para-hydroxylation sites is 1. The number of phenolic OH excluding ortho intramolecular Hbond substituents is 2. The Morgan fingerprint density at radius 2 is 1.50 bits per heavy atom. The highest BCUT2D eigenvalue weighted by Crippen LogP contribution is 2.38. The lowest BCUT2D eigenvalue weighted by Crippen LogP contribution is -2.10. The van der Waals surface area contributed by atoms with Crippen LogP contribution in [0.1, 0.15) is 21.5 Å². The Morgan fingerprint density at radius 1 is 0.789 bits per heavy atom. The lowest BCUT2D eigenvalue weighted by atomic mass is 10.0. The lowest BCUT2D eigenvalue weighted by Gasteiger charge is -2.12. The molecule has 190 valence electrons. The maximum atomic E-state index is 14.5. The predicted octanol–water partition coefficient (Wildman–Crippen LogP) is 6.40. The van der Waals surface area contributed by atoms with Crippen LogP contribution in [0.5, 0.6) is 11.5 Å². The van der Waals surface area contributed by atoms with Gasteiger partial charge in [0, 0.05) is 17.2 Å². The maximum absolute atomic E-state index is 14.5. The zero-order valence-corrected chi connectivity index (χ0v) is 19.3. The maximum Gasteiger partial charge on any atom is 0.416 e. The summed E-state index contributed by atoms with van der Waals surface area (Å²) in [5, 5.41) is 25.2. The summed E-state index contributed by atoms with van der Waals surface area (Å²) in [5.74, 6) is -2.33. The summed E-state index contributed by atoms with van der Waals surface area (Å²) < 4.78 is 54.9. The molecule has 5 aromatic rings. The van der Waals surface area contributed by atoms with Gasteiger partial charge in [0.15, 0.2) is 17.4 Å². The molecule has 0 atom stereocenters. The van der Waals surface area contributed by atoms with Crippen molar-refractivity contribution < 1.29 is 32.6 Å². The molecule has 38 heavy (non-hydrogen) atoms. The molecular weight excluding hydrogens is 502 g/mol. The van der Waals surface area contributed by atoms with Gasteiger partial charge in [0.05, 0.1) is 22.4 Å². The first kappa shape index (κ1) is 24.7. The topological polar surface area (TPSA) is 88.2 Å². The zero-order chi connectivity index (χ0) is 27.0. The van der Waals surface area contributed by atoms with E-state index in [1.54, 1.807) is 42.5 Å². The van der Waals surface area contributed by atoms with Crippen molar-refractivity contribution in [2.24, 2.45) is 0 Å². The monoisotopic (exact) mass is 519 g/mol. The molecule has 10 heteroatoms. The molecule has 5 rings (SSSR count). The van der Waals surface area contributed by atoms with Crippen molar-refractivity contribution in [2.45, 2.75) is 6.18 Å². The standard InChI is InChI=1S/C28H17F4N3O3/c29-18-11-13-19(25(38)16-6-2-1-3-7-16)22(15-18)35-27(21-8-4-5-9-23(21)36)33-26(34-35)20-12-10-17(14-24(20)37)28(30,31)32/h1-15,36-37H. The molecule has 0 bridgehead atoms. The van der Waals surface area contributed by atoms with Crippen LogP contribution < -0.4 is 0 Å². The number of ketones is 1. The van der Waals surface area contributed by atoms with Crippen LogP contribution in [0.25, 0.3) is 28.5 Å². The fourth-order valence-corrected chi connectivity index (χ4v) is 3.95. The van der Waals surface area contributed by atoms with Crippen LogP contribution in [0, 0.1) is 5.82 Å². The number of nitrogens with zero attached hydrogens (tertiary/aromatic N) is 3. The molecule has 1 aromatic heterocycles. The number of aromatic hydroxyl groups is 2. The summed E-state index contributed by atoms with van der Waals surface area (Å²) in [5.41, 5.74) is -0.699. The van der Waals surface area contributed by atoms with Crippen molar-refractivity contribution in [1.29, 1.82) is 0 Å². The Hall–Kier alpha value is -4.99. The molecule has 0 saturated carbocycles. The zero-order valence-electron chi connectivity index (χ0n) is 19.3. The molecule has 2 N–H and O–H groups in total. The van der Waals surface area contributed by atoms with E-state index < -0.39 is 29.1 Å². The number of carbonyl (C=O) groups is 1. The van der Waals surface area contributed by atoms with Gasteiger partial charge < -0.3 is 10.2 Å². The van der Waals surface area contributed by atoms with Crippen LogP contribution in [-0.2, 0) is 6.18 Å². The molecule has 1 heterocycles. The van der Waals surface area contributed by atoms with Gasteiger partial charge in [-0.2, -0.15) is 13.2 Å².